The normalized spacial score (nSPS) is 12.5. The fourth-order valence-corrected chi connectivity index (χ4v) is 2.23. The van der Waals surface area contributed by atoms with Gasteiger partial charge in [-0.1, -0.05) is 12.1 Å². The van der Waals surface area contributed by atoms with Crippen LogP contribution in [0.4, 0.5) is 13.2 Å². The van der Waals surface area contributed by atoms with Gasteiger partial charge < -0.3 is 0 Å². The maximum atomic E-state index is 14.0. The largest absolute Gasteiger partial charge is 0.271 e. The molecule has 2 aromatic rings. The minimum absolute atomic E-state index is 0.196. The van der Waals surface area contributed by atoms with E-state index in [1.165, 1.54) is 12.1 Å². The molecule has 2 aromatic carbocycles. The van der Waals surface area contributed by atoms with Gasteiger partial charge in [-0.05, 0) is 39.7 Å². The third-order valence-electron chi connectivity index (χ3n) is 2.68. The Morgan fingerprint density at radius 1 is 1.05 bits per heavy atom. The predicted octanol–water partition coefficient (Wildman–Crippen LogP) is 3.42. The SMILES string of the molecule is NNC(c1cc(F)cc(F)c1)c1cccc(Br)c1F. The lowest BCUT2D eigenvalue weighted by atomic mass is 9.98. The summed E-state index contributed by atoms with van der Waals surface area (Å²) >= 11 is 3.05. The van der Waals surface area contributed by atoms with Crippen LogP contribution in [0.1, 0.15) is 17.2 Å². The van der Waals surface area contributed by atoms with E-state index in [9.17, 15) is 13.2 Å². The van der Waals surface area contributed by atoms with E-state index >= 15 is 0 Å². The molecule has 0 saturated heterocycles. The van der Waals surface area contributed by atoms with E-state index in [0.717, 1.165) is 18.2 Å². The zero-order valence-corrected chi connectivity index (χ0v) is 11.2. The van der Waals surface area contributed by atoms with Crippen LogP contribution >= 0.6 is 15.9 Å². The van der Waals surface area contributed by atoms with Crippen molar-refractivity contribution in [2.45, 2.75) is 6.04 Å². The van der Waals surface area contributed by atoms with Gasteiger partial charge in [-0.2, -0.15) is 0 Å². The van der Waals surface area contributed by atoms with Crippen molar-refractivity contribution in [2.75, 3.05) is 0 Å². The van der Waals surface area contributed by atoms with Crippen molar-refractivity contribution in [2.24, 2.45) is 5.84 Å². The number of halogens is 4. The molecule has 1 atom stereocenters. The van der Waals surface area contributed by atoms with Gasteiger partial charge in [0, 0.05) is 11.6 Å². The second-order valence-corrected chi connectivity index (χ2v) is 4.80. The van der Waals surface area contributed by atoms with Gasteiger partial charge in [0.05, 0.1) is 10.5 Å². The topological polar surface area (TPSA) is 38.0 Å². The Labute approximate surface area is 116 Å². The summed E-state index contributed by atoms with van der Waals surface area (Å²) in [6.45, 7) is 0. The fourth-order valence-electron chi connectivity index (χ4n) is 1.85. The Morgan fingerprint density at radius 3 is 2.26 bits per heavy atom. The molecule has 0 aromatic heterocycles. The van der Waals surface area contributed by atoms with Crippen molar-refractivity contribution in [3.05, 3.63) is 69.4 Å². The van der Waals surface area contributed by atoms with E-state index in [-0.39, 0.29) is 15.6 Å². The summed E-state index contributed by atoms with van der Waals surface area (Å²) in [7, 11) is 0. The van der Waals surface area contributed by atoms with Crippen LogP contribution in [0.3, 0.4) is 0 Å². The number of hydrogen-bond donors (Lipinski definition) is 2. The molecule has 1 unspecified atom stereocenters. The summed E-state index contributed by atoms with van der Waals surface area (Å²) in [6.07, 6.45) is 0. The smallest absolute Gasteiger partial charge is 0.142 e. The molecule has 0 saturated carbocycles. The van der Waals surface area contributed by atoms with Crippen LogP contribution < -0.4 is 11.3 Å². The van der Waals surface area contributed by atoms with Crippen molar-refractivity contribution in [1.82, 2.24) is 5.43 Å². The summed E-state index contributed by atoms with van der Waals surface area (Å²) in [4.78, 5) is 0. The molecule has 2 rings (SSSR count). The second-order valence-electron chi connectivity index (χ2n) is 3.95. The molecule has 0 amide bonds. The lowest BCUT2D eigenvalue weighted by Crippen LogP contribution is -2.29. The second kappa shape index (κ2) is 5.73. The first kappa shape index (κ1) is 14.0. The third-order valence-corrected chi connectivity index (χ3v) is 3.29. The van der Waals surface area contributed by atoms with Gasteiger partial charge in [-0.25, -0.2) is 18.6 Å². The molecular formula is C13H10BrF3N2. The summed E-state index contributed by atoms with van der Waals surface area (Å²) in [6, 6.07) is 6.74. The summed E-state index contributed by atoms with van der Waals surface area (Å²) < 4.78 is 40.7. The Bertz CT molecular complexity index is 584. The minimum atomic E-state index is -0.845. The van der Waals surface area contributed by atoms with Crippen LogP contribution in [0, 0.1) is 17.5 Å². The average molecular weight is 331 g/mol. The first-order valence-corrected chi connectivity index (χ1v) is 6.18. The quantitative estimate of drug-likeness (QED) is 0.668. The molecule has 2 nitrogen and oxygen atoms in total. The lowest BCUT2D eigenvalue weighted by molar-refractivity contribution is 0.541. The van der Waals surface area contributed by atoms with Crippen LogP contribution in [-0.4, -0.2) is 0 Å². The highest BCUT2D eigenvalue weighted by molar-refractivity contribution is 9.10. The van der Waals surface area contributed by atoms with Gasteiger partial charge in [-0.3, -0.25) is 5.84 Å². The number of hydrazine groups is 1. The van der Waals surface area contributed by atoms with Gasteiger partial charge in [0.15, 0.2) is 0 Å². The summed E-state index contributed by atoms with van der Waals surface area (Å²) in [5.41, 5.74) is 2.76. The molecule has 0 spiro atoms. The van der Waals surface area contributed by atoms with Gasteiger partial charge in [0.2, 0.25) is 0 Å². The molecular weight excluding hydrogens is 321 g/mol. The molecule has 6 heteroatoms. The number of rotatable bonds is 3. The van der Waals surface area contributed by atoms with Crippen molar-refractivity contribution in [3.8, 4) is 0 Å². The molecule has 0 aliphatic rings. The number of benzene rings is 2. The summed E-state index contributed by atoms with van der Waals surface area (Å²) in [5.74, 6) is 3.36. The van der Waals surface area contributed by atoms with Crippen LogP contribution in [-0.2, 0) is 0 Å². The molecule has 3 N–H and O–H groups in total. The molecule has 19 heavy (non-hydrogen) atoms. The third kappa shape index (κ3) is 2.97. The maximum absolute atomic E-state index is 14.0. The highest BCUT2D eigenvalue weighted by atomic mass is 79.9. The van der Waals surface area contributed by atoms with E-state index < -0.39 is 23.5 Å². The minimum Gasteiger partial charge on any atom is -0.271 e. The molecule has 0 radical (unpaired) electrons. The van der Waals surface area contributed by atoms with Crippen molar-refractivity contribution >= 4 is 15.9 Å². The van der Waals surface area contributed by atoms with Gasteiger partial charge in [-0.15, -0.1) is 0 Å². The van der Waals surface area contributed by atoms with Crippen LogP contribution in [0.2, 0.25) is 0 Å². The van der Waals surface area contributed by atoms with Gasteiger partial charge in [0.1, 0.15) is 17.5 Å². The predicted molar refractivity (Wildman–Crippen MR) is 69.6 cm³/mol. The van der Waals surface area contributed by atoms with Crippen molar-refractivity contribution in [1.29, 1.82) is 0 Å². The first-order valence-electron chi connectivity index (χ1n) is 5.39. The van der Waals surface area contributed by atoms with Crippen molar-refractivity contribution in [3.63, 3.8) is 0 Å². The van der Waals surface area contributed by atoms with Crippen molar-refractivity contribution < 1.29 is 13.2 Å². The van der Waals surface area contributed by atoms with E-state index in [4.69, 9.17) is 5.84 Å². The molecule has 0 aliphatic carbocycles. The molecule has 0 fully saturated rings. The van der Waals surface area contributed by atoms with Crippen LogP contribution in [0.15, 0.2) is 40.9 Å². The Morgan fingerprint density at radius 2 is 1.68 bits per heavy atom. The molecule has 0 aliphatic heterocycles. The number of nitrogens with one attached hydrogen (secondary N) is 1. The van der Waals surface area contributed by atoms with Gasteiger partial charge >= 0.3 is 0 Å². The standard InChI is InChI=1S/C13H10BrF3N2/c14-11-3-1-2-10(12(11)17)13(19-18)7-4-8(15)6-9(16)5-7/h1-6,13,19H,18H2. The highest BCUT2D eigenvalue weighted by Gasteiger charge is 2.19. The molecule has 0 bridgehead atoms. The first-order chi connectivity index (χ1) is 9.02. The number of nitrogens with two attached hydrogens (primary N) is 1. The van der Waals surface area contributed by atoms with Gasteiger partial charge in [0.25, 0.3) is 0 Å². The van der Waals surface area contributed by atoms with E-state index in [2.05, 4.69) is 21.4 Å². The zero-order valence-electron chi connectivity index (χ0n) is 9.63. The van der Waals surface area contributed by atoms with E-state index in [1.54, 1.807) is 6.07 Å². The molecule has 0 heterocycles. The fraction of sp³-hybridized carbons (Fsp3) is 0.0769. The van der Waals surface area contributed by atoms with E-state index in [1.807, 2.05) is 0 Å². The zero-order chi connectivity index (χ0) is 14.0. The van der Waals surface area contributed by atoms with Crippen LogP contribution in [0.25, 0.3) is 0 Å². The van der Waals surface area contributed by atoms with Crippen LogP contribution in [0.5, 0.6) is 0 Å². The Balaban J connectivity index is 2.53. The number of hydrogen-bond acceptors (Lipinski definition) is 2. The Kier molecular flexibility index (Phi) is 4.24. The summed E-state index contributed by atoms with van der Waals surface area (Å²) in [5, 5.41) is 0. The average Bonchev–Trinajstić information content (AvgIpc) is 2.34. The molecule has 100 valence electrons. The highest BCUT2D eigenvalue weighted by Crippen LogP contribution is 2.28. The Hall–Kier alpha value is -1.37. The van der Waals surface area contributed by atoms with E-state index in [0.29, 0.717) is 0 Å². The lowest BCUT2D eigenvalue weighted by Gasteiger charge is -2.18. The maximum Gasteiger partial charge on any atom is 0.142 e. The monoisotopic (exact) mass is 330 g/mol.